The molecule has 1 amide bonds. The van der Waals surface area contributed by atoms with Crippen molar-refractivity contribution >= 4 is 11.5 Å². The van der Waals surface area contributed by atoms with Gasteiger partial charge < -0.3 is 4.90 Å². The average Bonchev–Trinajstić information content (AvgIpc) is 2.55. The monoisotopic (exact) mass is 229 g/mol. The van der Waals surface area contributed by atoms with E-state index in [9.17, 15) is 4.79 Å². The van der Waals surface area contributed by atoms with Crippen LogP contribution in [-0.4, -0.2) is 24.9 Å². The van der Waals surface area contributed by atoms with Gasteiger partial charge in [0.05, 0.1) is 6.42 Å². The summed E-state index contributed by atoms with van der Waals surface area (Å²) in [7, 11) is 3.62. The van der Waals surface area contributed by atoms with Gasteiger partial charge in [-0.25, -0.2) is 0 Å². The molecular formula is C15H19NO. The van der Waals surface area contributed by atoms with Gasteiger partial charge in [0.1, 0.15) is 0 Å². The van der Waals surface area contributed by atoms with Crippen LogP contribution in [0.25, 0.3) is 5.57 Å². The molecule has 0 spiro atoms. The lowest BCUT2D eigenvalue weighted by Crippen LogP contribution is -2.21. The van der Waals surface area contributed by atoms with Gasteiger partial charge in [0.2, 0.25) is 5.91 Å². The normalized spacial score (nSPS) is 13.9. The molecule has 90 valence electrons. The van der Waals surface area contributed by atoms with E-state index in [1.54, 1.807) is 4.90 Å². The van der Waals surface area contributed by atoms with E-state index < -0.39 is 0 Å². The highest BCUT2D eigenvalue weighted by molar-refractivity contribution is 5.91. The fourth-order valence-corrected chi connectivity index (χ4v) is 2.30. The molecule has 1 aliphatic rings. The Kier molecular flexibility index (Phi) is 3.05. The lowest BCUT2D eigenvalue weighted by molar-refractivity contribution is -0.127. The van der Waals surface area contributed by atoms with Crippen molar-refractivity contribution in [1.29, 1.82) is 0 Å². The lowest BCUT2D eigenvalue weighted by atomic mass is 10.00. The molecule has 0 aromatic heterocycles. The highest BCUT2D eigenvalue weighted by atomic mass is 16.2. The van der Waals surface area contributed by atoms with Crippen LogP contribution in [0, 0.1) is 6.92 Å². The van der Waals surface area contributed by atoms with Crippen LogP contribution in [-0.2, 0) is 11.2 Å². The van der Waals surface area contributed by atoms with Crippen LogP contribution in [0.1, 0.15) is 30.0 Å². The lowest BCUT2D eigenvalue weighted by Gasteiger charge is -2.12. The molecule has 0 unspecified atom stereocenters. The van der Waals surface area contributed by atoms with Gasteiger partial charge in [0.15, 0.2) is 0 Å². The number of rotatable bonds is 2. The highest BCUT2D eigenvalue weighted by Crippen LogP contribution is 2.35. The van der Waals surface area contributed by atoms with E-state index in [4.69, 9.17) is 0 Å². The number of benzene rings is 1. The van der Waals surface area contributed by atoms with Gasteiger partial charge in [-0.1, -0.05) is 29.3 Å². The van der Waals surface area contributed by atoms with Crippen LogP contribution in [0.5, 0.6) is 0 Å². The van der Waals surface area contributed by atoms with Crippen molar-refractivity contribution in [3.63, 3.8) is 0 Å². The molecular weight excluding hydrogens is 210 g/mol. The van der Waals surface area contributed by atoms with Crippen molar-refractivity contribution in [2.75, 3.05) is 14.1 Å². The summed E-state index contributed by atoms with van der Waals surface area (Å²) < 4.78 is 0. The number of carbonyl (C=O) groups excluding carboxylic acids is 1. The van der Waals surface area contributed by atoms with Gasteiger partial charge in [-0.3, -0.25) is 4.79 Å². The SMILES string of the molecule is CC1=C(CC(=O)N(C)C)c2cc(C)ccc2C1. The minimum atomic E-state index is 0.175. The number of hydrogen-bond donors (Lipinski definition) is 0. The first-order valence-corrected chi connectivity index (χ1v) is 5.97. The summed E-state index contributed by atoms with van der Waals surface area (Å²) in [6, 6.07) is 6.52. The van der Waals surface area contributed by atoms with Gasteiger partial charge in [0, 0.05) is 14.1 Å². The zero-order valence-electron chi connectivity index (χ0n) is 11.0. The van der Waals surface area contributed by atoms with E-state index in [-0.39, 0.29) is 5.91 Å². The van der Waals surface area contributed by atoms with E-state index in [0.717, 1.165) is 6.42 Å². The van der Waals surface area contributed by atoms with E-state index >= 15 is 0 Å². The first kappa shape index (κ1) is 11.9. The molecule has 2 rings (SSSR count). The maximum atomic E-state index is 11.8. The Morgan fingerprint density at radius 1 is 1.29 bits per heavy atom. The summed E-state index contributed by atoms with van der Waals surface area (Å²) in [5, 5.41) is 0. The molecule has 2 nitrogen and oxygen atoms in total. The first-order valence-electron chi connectivity index (χ1n) is 5.97. The second kappa shape index (κ2) is 4.36. The Hall–Kier alpha value is -1.57. The summed E-state index contributed by atoms with van der Waals surface area (Å²) >= 11 is 0. The summed E-state index contributed by atoms with van der Waals surface area (Å²) in [6.45, 7) is 4.23. The van der Waals surface area contributed by atoms with Gasteiger partial charge in [0.25, 0.3) is 0 Å². The quantitative estimate of drug-likeness (QED) is 0.763. The Balaban J connectivity index is 2.33. The fourth-order valence-electron chi connectivity index (χ4n) is 2.30. The molecule has 0 radical (unpaired) electrons. The summed E-state index contributed by atoms with van der Waals surface area (Å²) in [5.41, 5.74) is 6.45. The molecule has 0 bridgehead atoms. The molecule has 1 aromatic carbocycles. The third kappa shape index (κ3) is 2.26. The second-order valence-electron chi connectivity index (χ2n) is 5.06. The molecule has 17 heavy (non-hydrogen) atoms. The predicted molar refractivity (Wildman–Crippen MR) is 70.8 cm³/mol. The number of fused-ring (bicyclic) bond motifs is 1. The number of nitrogens with zero attached hydrogens (tertiary/aromatic N) is 1. The van der Waals surface area contributed by atoms with Gasteiger partial charge in [-0.05, 0) is 37.0 Å². The van der Waals surface area contributed by atoms with Crippen molar-refractivity contribution in [1.82, 2.24) is 4.90 Å². The largest absolute Gasteiger partial charge is 0.349 e. The number of amides is 1. The first-order chi connectivity index (χ1) is 7.99. The molecule has 0 saturated heterocycles. The third-order valence-electron chi connectivity index (χ3n) is 3.39. The molecule has 0 aliphatic heterocycles. The van der Waals surface area contributed by atoms with Crippen molar-refractivity contribution in [2.45, 2.75) is 26.7 Å². The van der Waals surface area contributed by atoms with E-state index in [1.807, 2.05) is 14.1 Å². The van der Waals surface area contributed by atoms with Crippen molar-refractivity contribution in [3.05, 3.63) is 40.5 Å². The zero-order valence-corrected chi connectivity index (χ0v) is 11.0. The second-order valence-corrected chi connectivity index (χ2v) is 5.06. The van der Waals surface area contributed by atoms with Crippen LogP contribution < -0.4 is 0 Å². The molecule has 1 aliphatic carbocycles. The molecule has 0 atom stereocenters. The minimum absolute atomic E-state index is 0.175. The molecule has 0 saturated carbocycles. The maximum Gasteiger partial charge on any atom is 0.226 e. The number of carbonyl (C=O) groups is 1. The predicted octanol–water partition coefficient (Wildman–Crippen LogP) is 2.80. The van der Waals surface area contributed by atoms with E-state index in [0.29, 0.717) is 6.42 Å². The Bertz CT molecular complexity index is 498. The third-order valence-corrected chi connectivity index (χ3v) is 3.39. The van der Waals surface area contributed by atoms with Crippen molar-refractivity contribution in [3.8, 4) is 0 Å². The molecule has 0 heterocycles. The van der Waals surface area contributed by atoms with Gasteiger partial charge >= 0.3 is 0 Å². The fraction of sp³-hybridized carbons (Fsp3) is 0.400. The van der Waals surface area contributed by atoms with Crippen LogP contribution >= 0.6 is 0 Å². The smallest absolute Gasteiger partial charge is 0.226 e. The standard InChI is InChI=1S/C15H19NO/c1-10-5-6-12-8-11(2)13(14(12)7-10)9-15(17)16(3)4/h5-7H,8-9H2,1-4H3. The number of aryl methyl sites for hydroxylation is 1. The van der Waals surface area contributed by atoms with Crippen LogP contribution in [0.15, 0.2) is 23.8 Å². The van der Waals surface area contributed by atoms with Crippen LogP contribution in [0.3, 0.4) is 0 Å². The van der Waals surface area contributed by atoms with E-state index in [1.165, 1.54) is 27.8 Å². The number of allylic oxidation sites excluding steroid dienone is 1. The van der Waals surface area contributed by atoms with Gasteiger partial charge in [-0.15, -0.1) is 0 Å². The Morgan fingerprint density at radius 2 is 2.00 bits per heavy atom. The Labute approximate surface area is 103 Å². The Morgan fingerprint density at radius 3 is 2.65 bits per heavy atom. The zero-order chi connectivity index (χ0) is 12.6. The summed E-state index contributed by atoms with van der Waals surface area (Å²) in [5.74, 6) is 0.175. The van der Waals surface area contributed by atoms with Crippen LogP contribution in [0.4, 0.5) is 0 Å². The van der Waals surface area contributed by atoms with Crippen LogP contribution in [0.2, 0.25) is 0 Å². The topological polar surface area (TPSA) is 20.3 Å². The minimum Gasteiger partial charge on any atom is -0.349 e. The average molecular weight is 229 g/mol. The summed E-state index contributed by atoms with van der Waals surface area (Å²) in [4.78, 5) is 13.5. The molecule has 2 heteroatoms. The van der Waals surface area contributed by atoms with Crippen molar-refractivity contribution in [2.24, 2.45) is 0 Å². The molecule has 1 aromatic rings. The highest BCUT2D eigenvalue weighted by Gasteiger charge is 2.21. The maximum absolute atomic E-state index is 11.8. The van der Waals surface area contributed by atoms with E-state index in [2.05, 4.69) is 32.0 Å². The number of hydrogen-bond acceptors (Lipinski definition) is 1. The molecule has 0 N–H and O–H groups in total. The summed E-state index contributed by atoms with van der Waals surface area (Å²) in [6.07, 6.45) is 1.51. The van der Waals surface area contributed by atoms with Crippen molar-refractivity contribution < 1.29 is 4.79 Å². The molecule has 0 fully saturated rings. The van der Waals surface area contributed by atoms with Gasteiger partial charge in [-0.2, -0.15) is 0 Å².